The topological polar surface area (TPSA) is 28.7 Å². The summed E-state index contributed by atoms with van der Waals surface area (Å²) in [7, 11) is 0. The second-order valence-electron chi connectivity index (χ2n) is 5.23. The standard InChI is InChI=1S/C16H20N2S/c1-4-15-17-14(10-16(19)18-15)13-7-5-6-12(9-13)8-11(2)3/h5-7,9-11H,4,8H2,1-3H3,(H,17,18,19). The van der Waals surface area contributed by atoms with Gasteiger partial charge in [-0.15, -0.1) is 0 Å². The molecule has 0 saturated heterocycles. The van der Waals surface area contributed by atoms with Crippen molar-refractivity contribution < 1.29 is 0 Å². The molecular weight excluding hydrogens is 252 g/mol. The molecule has 0 fully saturated rings. The second kappa shape index (κ2) is 6.11. The van der Waals surface area contributed by atoms with E-state index in [1.54, 1.807) is 0 Å². The van der Waals surface area contributed by atoms with Crippen molar-refractivity contribution in [3.8, 4) is 11.3 Å². The third kappa shape index (κ3) is 3.74. The summed E-state index contributed by atoms with van der Waals surface area (Å²) in [4.78, 5) is 7.66. The van der Waals surface area contributed by atoms with Gasteiger partial charge in [-0.1, -0.05) is 51.2 Å². The SMILES string of the molecule is CCc1nc(=S)cc(-c2cccc(CC(C)C)c2)[nH]1. The fourth-order valence-electron chi connectivity index (χ4n) is 2.17. The highest BCUT2D eigenvalue weighted by atomic mass is 32.1. The summed E-state index contributed by atoms with van der Waals surface area (Å²) in [6, 6.07) is 10.6. The summed E-state index contributed by atoms with van der Waals surface area (Å²) in [6.45, 7) is 6.55. The number of aromatic nitrogens is 2. The van der Waals surface area contributed by atoms with E-state index in [4.69, 9.17) is 12.2 Å². The third-order valence-corrected chi connectivity index (χ3v) is 3.22. The molecule has 3 heteroatoms. The van der Waals surface area contributed by atoms with E-state index in [9.17, 15) is 0 Å². The van der Waals surface area contributed by atoms with Crippen LogP contribution in [-0.4, -0.2) is 9.97 Å². The number of rotatable bonds is 4. The predicted molar refractivity (Wildman–Crippen MR) is 82.8 cm³/mol. The first-order valence-corrected chi connectivity index (χ1v) is 7.19. The van der Waals surface area contributed by atoms with Crippen molar-refractivity contribution in [2.24, 2.45) is 5.92 Å². The molecular formula is C16H20N2S. The molecule has 1 heterocycles. The first-order chi connectivity index (χ1) is 9.08. The quantitative estimate of drug-likeness (QED) is 0.826. The summed E-state index contributed by atoms with van der Waals surface area (Å²) >= 11 is 5.23. The van der Waals surface area contributed by atoms with Gasteiger partial charge < -0.3 is 4.98 Å². The molecule has 0 radical (unpaired) electrons. The van der Waals surface area contributed by atoms with Crippen LogP contribution in [0.3, 0.4) is 0 Å². The Morgan fingerprint density at radius 1 is 1.26 bits per heavy atom. The minimum Gasteiger partial charge on any atom is -0.343 e. The number of benzene rings is 1. The van der Waals surface area contributed by atoms with Crippen molar-refractivity contribution in [2.45, 2.75) is 33.6 Å². The lowest BCUT2D eigenvalue weighted by molar-refractivity contribution is 0.647. The van der Waals surface area contributed by atoms with Crippen molar-refractivity contribution in [1.82, 2.24) is 9.97 Å². The number of nitrogens with zero attached hydrogens (tertiary/aromatic N) is 1. The van der Waals surface area contributed by atoms with E-state index in [0.717, 1.165) is 24.4 Å². The van der Waals surface area contributed by atoms with Crippen molar-refractivity contribution >= 4 is 12.2 Å². The molecule has 0 amide bonds. The average molecular weight is 272 g/mol. The van der Waals surface area contributed by atoms with Crippen LogP contribution < -0.4 is 0 Å². The smallest absolute Gasteiger partial charge is 0.130 e. The number of hydrogen-bond acceptors (Lipinski definition) is 2. The van der Waals surface area contributed by atoms with Crippen LogP contribution in [0.4, 0.5) is 0 Å². The molecule has 100 valence electrons. The van der Waals surface area contributed by atoms with Gasteiger partial charge in [-0.25, -0.2) is 4.98 Å². The lowest BCUT2D eigenvalue weighted by Gasteiger charge is -2.09. The Kier molecular flexibility index (Phi) is 4.48. The molecule has 0 saturated carbocycles. The Hall–Kier alpha value is -1.48. The number of H-pyrrole nitrogens is 1. The summed E-state index contributed by atoms with van der Waals surface area (Å²) in [5.74, 6) is 1.61. The molecule has 0 unspecified atom stereocenters. The minimum absolute atomic E-state index is 0.653. The summed E-state index contributed by atoms with van der Waals surface area (Å²) < 4.78 is 0.653. The van der Waals surface area contributed by atoms with Gasteiger partial charge in [0.05, 0.1) is 0 Å². The van der Waals surface area contributed by atoms with Gasteiger partial charge in [0.25, 0.3) is 0 Å². The van der Waals surface area contributed by atoms with Crippen molar-refractivity contribution in [3.05, 3.63) is 46.4 Å². The molecule has 2 nitrogen and oxygen atoms in total. The van der Waals surface area contributed by atoms with Gasteiger partial charge >= 0.3 is 0 Å². The molecule has 2 aromatic rings. The van der Waals surface area contributed by atoms with Crippen LogP contribution in [0.15, 0.2) is 30.3 Å². The van der Waals surface area contributed by atoms with Crippen molar-refractivity contribution in [3.63, 3.8) is 0 Å². The van der Waals surface area contributed by atoms with Crippen LogP contribution in [0.25, 0.3) is 11.3 Å². The Labute approximate surface area is 119 Å². The Bertz CT molecular complexity index is 614. The largest absolute Gasteiger partial charge is 0.343 e. The van der Waals surface area contributed by atoms with Gasteiger partial charge in [0.15, 0.2) is 0 Å². The van der Waals surface area contributed by atoms with Crippen LogP contribution in [0, 0.1) is 10.6 Å². The van der Waals surface area contributed by atoms with E-state index in [1.165, 1.54) is 11.1 Å². The Balaban J connectivity index is 2.41. The van der Waals surface area contributed by atoms with Crippen LogP contribution in [0.1, 0.15) is 32.2 Å². The molecule has 1 N–H and O–H groups in total. The van der Waals surface area contributed by atoms with Gasteiger partial charge in [-0.2, -0.15) is 0 Å². The lowest BCUT2D eigenvalue weighted by atomic mass is 10.00. The first kappa shape index (κ1) is 13.9. The van der Waals surface area contributed by atoms with E-state index >= 15 is 0 Å². The molecule has 0 atom stereocenters. The maximum Gasteiger partial charge on any atom is 0.130 e. The Morgan fingerprint density at radius 3 is 2.74 bits per heavy atom. The van der Waals surface area contributed by atoms with E-state index in [-0.39, 0.29) is 0 Å². The highest BCUT2D eigenvalue weighted by Gasteiger charge is 2.03. The zero-order valence-electron chi connectivity index (χ0n) is 11.7. The van der Waals surface area contributed by atoms with Crippen LogP contribution in [0.2, 0.25) is 0 Å². The molecule has 0 aliphatic carbocycles. The number of aromatic amines is 1. The van der Waals surface area contributed by atoms with Gasteiger partial charge in [-0.3, -0.25) is 0 Å². The maximum atomic E-state index is 5.23. The van der Waals surface area contributed by atoms with Crippen LogP contribution >= 0.6 is 12.2 Å². The summed E-state index contributed by atoms with van der Waals surface area (Å²) in [5.41, 5.74) is 3.60. The second-order valence-corrected chi connectivity index (χ2v) is 5.65. The zero-order chi connectivity index (χ0) is 13.8. The van der Waals surface area contributed by atoms with Crippen LogP contribution in [-0.2, 0) is 12.8 Å². The van der Waals surface area contributed by atoms with E-state index in [2.05, 4.69) is 55.0 Å². The average Bonchev–Trinajstić information content (AvgIpc) is 2.37. The van der Waals surface area contributed by atoms with Gasteiger partial charge in [-0.05, 0) is 35.6 Å². The first-order valence-electron chi connectivity index (χ1n) is 6.78. The molecule has 0 spiro atoms. The van der Waals surface area contributed by atoms with E-state index < -0.39 is 0 Å². The van der Waals surface area contributed by atoms with Gasteiger partial charge in [0.1, 0.15) is 10.5 Å². The molecule has 0 bridgehead atoms. The summed E-state index contributed by atoms with van der Waals surface area (Å²) in [5, 5.41) is 0. The molecule has 19 heavy (non-hydrogen) atoms. The maximum absolute atomic E-state index is 5.23. The highest BCUT2D eigenvalue weighted by Crippen LogP contribution is 2.20. The van der Waals surface area contributed by atoms with E-state index in [0.29, 0.717) is 10.6 Å². The normalized spacial score (nSPS) is 10.9. The minimum atomic E-state index is 0.653. The zero-order valence-corrected chi connectivity index (χ0v) is 12.6. The number of aryl methyl sites for hydroxylation is 1. The number of nitrogens with one attached hydrogen (secondary N) is 1. The van der Waals surface area contributed by atoms with Crippen LogP contribution in [0.5, 0.6) is 0 Å². The molecule has 0 aliphatic rings. The van der Waals surface area contributed by atoms with Gasteiger partial charge in [0.2, 0.25) is 0 Å². The molecule has 2 rings (SSSR count). The van der Waals surface area contributed by atoms with Gasteiger partial charge in [0, 0.05) is 12.1 Å². The lowest BCUT2D eigenvalue weighted by Crippen LogP contribution is -1.97. The molecule has 1 aromatic carbocycles. The van der Waals surface area contributed by atoms with E-state index in [1.807, 2.05) is 6.07 Å². The monoisotopic (exact) mass is 272 g/mol. The van der Waals surface area contributed by atoms with Crippen molar-refractivity contribution in [1.29, 1.82) is 0 Å². The van der Waals surface area contributed by atoms with Crippen molar-refractivity contribution in [2.75, 3.05) is 0 Å². The summed E-state index contributed by atoms with van der Waals surface area (Å²) in [6.07, 6.45) is 1.96. The fourth-order valence-corrected chi connectivity index (χ4v) is 2.40. The highest BCUT2D eigenvalue weighted by molar-refractivity contribution is 7.71. The molecule has 0 aliphatic heterocycles. The number of hydrogen-bond donors (Lipinski definition) is 1. The third-order valence-electron chi connectivity index (χ3n) is 3.01. The predicted octanol–water partition coefficient (Wildman–Crippen LogP) is 4.57. The molecule has 1 aromatic heterocycles. The fraction of sp³-hybridized carbons (Fsp3) is 0.375. The Morgan fingerprint density at radius 2 is 2.05 bits per heavy atom.